The van der Waals surface area contributed by atoms with Crippen molar-refractivity contribution in [3.8, 4) is 11.3 Å². The zero-order chi connectivity index (χ0) is 13.9. The van der Waals surface area contributed by atoms with Crippen molar-refractivity contribution in [2.75, 3.05) is 31.1 Å². The second kappa shape index (κ2) is 5.50. The van der Waals surface area contributed by atoms with Crippen LogP contribution >= 0.6 is 0 Å². The van der Waals surface area contributed by atoms with E-state index < -0.39 is 11.6 Å². The van der Waals surface area contributed by atoms with Crippen molar-refractivity contribution in [1.82, 2.24) is 15.3 Å². The molecule has 4 nitrogen and oxygen atoms in total. The van der Waals surface area contributed by atoms with Gasteiger partial charge in [0, 0.05) is 37.8 Å². The van der Waals surface area contributed by atoms with Crippen LogP contribution in [-0.2, 0) is 0 Å². The average molecular weight is 276 g/mol. The van der Waals surface area contributed by atoms with E-state index in [1.54, 1.807) is 6.07 Å². The van der Waals surface area contributed by atoms with Crippen LogP contribution in [0.1, 0.15) is 0 Å². The highest BCUT2D eigenvalue weighted by atomic mass is 19.1. The highest BCUT2D eigenvalue weighted by molar-refractivity contribution is 5.63. The topological polar surface area (TPSA) is 41.0 Å². The van der Waals surface area contributed by atoms with Gasteiger partial charge < -0.3 is 10.2 Å². The van der Waals surface area contributed by atoms with Crippen LogP contribution in [0.15, 0.2) is 30.6 Å². The lowest BCUT2D eigenvalue weighted by molar-refractivity contribution is 0.584. The summed E-state index contributed by atoms with van der Waals surface area (Å²) in [5.41, 5.74) is 0.550. The molecule has 2 heterocycles. The molecule has 3 rings (SSSR count). The fraction of sp³-hybridized carbons (Fsp3) is 0.286. The Labute approximate surface area is 115 Å². The zero-order valence-corrected chi connectivity index (χ0v) is 10.8. The molecule has 0 atom stereocenters. The van der Waals surface area contributed by atoms with Crippen LogP contribution in [0.4, 0.5) is 14.6 Å². The summed E-state index contributed by atoms with van der Waals surface area (Å²) in [6, 6.07) is 5.05. The lowest BCUT2D eigenvalue weighted by atomic mass is 10.1. The van der Waals surface area contributed by atoms with Gasteiger partial charge in [-0.2, -0.15) is 0 Å². The third-order valence-corrected chi connectivity index (χ3v) is 3.30. The van der Waals surface area contributed by atoms with Crippen molar-refractivity contribution < 1.29 is 8.78 Å². The van der Waals surface area contributed by atoms with Gasteiger partial charge in [0.2, 0.25) is 0 Å². The molecule has 1 aliphatic rings. The van der Waals surface area contributed by atoms with E-state index in [2.05, 4.69) is 20.2 Å². The molecule has 1 aliphatic heterocycles. The van der Waals surface area contributed by atoms with Crippen molar-refractivity contribution in [1.29, 1.82) is 0 Å². The molecule has 0 saturated carbocycles. The van der Waals surface area contributed by atoms with E-state index in [0.29, 0.717) is 5.69 Å². The van der Waals surface area contributed by atoms with E-state index in [9.17, 15) is 8.78 Å². The van der Waals surface area contributed by atoms with Crippen LogP contribution in [0.2, 0.25) is 0 Å². The van der Waals surface area contributed by atoms with Gasteiger partial charge in [-0.05, 0) is 18.2 Å². The minimum atomic E-state index is -0.489. The minimum absolute atomic E-state index is 0.156. The number of aromatic nitrogens is 2. The van der Waals surface area contributed by atoms with E-state index >= 15 is 0 Å². The van der Waals surface area contributed by atoms with Gasteiger partial charge in [-0.3, -0.25) is 0 Å². The van der Waals surface area contributed by atoms with Gasteiger partial charge in [-0.25, -0.2) is 18.7 Å². The molecule has 2 aromatic rings. The number of hydrogen-bond acceptors (Lipinski definition) is 4. The first-order valence-electron chi connectivity index (χ1n) is 6.47. The van der Waals surface area contributed by atoms with Gasteiger partial charge in [0.15, 0.2) is 0 Å². The summed E-state index contributed by atoms with van der Waals surface area (Å²) < 4.78 is 27.0. The quantitative estimate of drug-likeness (QED) is 0.908. The second-order valence-corrected chi connectivity index (χ2v) is 4.62. The first-order valence-corrected chi connectivity index (χ1v) is 6.47. The lowest BCUT2D eigenvalue weighted by Gasteiger charge is -2.28. The fourth-order valence-corrected chi connectivity index (χ4v) is 2.25. The van der Waals surface area contributed by atoms with Crippen molar-refractivity contribution in [3.05, 3.63) is 42.2 Å². The number of benzene rings is 1. The van der Waals surface area contributed by atoms with Crippen molar-refractivity contribution in [2.45, 2.75) is 0 Å². The fourth-order valence-electron chi connectivity index (χ4n) is 2.25. The highest BCUT2D eigenvalue weighted by Gasteiger charge is 2.14. The predicted molar refractivity (Wildman–Crippen MR) is 72.5 cm³/mol. The summed E-state index contributed by atoms with van der Waals surface area (Å²) in [5, 5.41) is 3.25. The largest absolute Gasteiger partial charge is 0.354 e. The molecular formula is C14H14F2N4. The number of nitrogens with zero attached hydrogens (tertiary/aromatic N) is 3. The molecule has 104 valence electrons. The van der Waals surface area contributed by atoms with Gasteiger partial charge in [0.1, 0.15) is 23.8 Å². The Morgan fingerprint density at radius 2 is 1.85 bits per heavy atom. The summed E-state index contributed by atoms with van der Waals surface area (Å²) in [4.78, 5) is 10.4. The van der Waals surface area contributed by atoms with E-state index in [1.807, 2.05) is 0 Å². The number of piperazine rings is 1. The molecule has 0 amide bonds. The van der Waals surface area contributed by atoms with Crippen molar-refractivity contribution >= 4 is 5.82 Å². The molecule has 0 bridgehead atoms. The molecule has 1 aromatic heterocycles. The second-order valence-electron chi connectivity index (χ2n) is 4.62. The molecule has 0 aliphatic carbocycles. The van der Waals surface area contributed by atoms with E-state index in [-0.39, 0.29) is 5.56 Å². The van der Waals surface area contributed by atoms with E-state index in [1.165, 1.54) is 6.33 Å². The van der Waals surface area contributed by atoms with Crippen molar-refractivity contribution in [2.24, 2.45) is 0 Å². The van der Waals surface area contributed by atoms with Gasteiger partial charge in [-0.1, -0.05) is 0 Å². The normalized spacial score (nSPS) is 15.4. The Morgan fingerprint density at radius 1 is 1.05 bits per heavy atom. The maximum absolute atomic E-state index is 13.8. The summed E-state index contributed by atoms with van der Waals surface area (Å²) in [6.07, 6.45) is 1.39. The Bertz CT molecular complexity index is 612. The number of anilines is 1. The van der Waals surface area contributed by atoms with Crippen LogP contribution in [0.25, 0.3) is 11.3 Å². The minimum Gasteiger partial charge on any atom is -0.354 e. The maximum Gasteiger partial charge on any atom is 0.132 e. The third-order valence-electron chi connectivity index (χ3n) is 3.30. The number of halogens is 2. The average Bonchev–Trinajstić information content (AvgIpc) is 2.51. The molecule has 1 N–H and O–H groups in total. The first kappa shape index (κ1) is 12.9. The molecule has 1 fully saturated rings. The Hall–Kier alpha value is -2.08. The smallest absolute Gasteiger partial charge is 0.132 e. The summed E-state index contributed by atoms with van der Waals surface area (Å²) in [5.74, 6) is -0.236. The van der Waals surface area contributed by atoms with Gasteiger partial charge in [0.05, 0.1) is 5.69 Å². The number of nitrogens with one attached hydrogen (secondary N) is 1. The molecular weight excluding hydrogens is 262 g/mol. The van der Waals surface area contributed by atoms with E-state index in [0.717, 1.165) is 50.2 Å². The lowest BCUT2D eigenvalue weighted by Crippen LogP contribution is -2.43. The first-order chi connectivity index (χ1) is 9.74. The van der Waals surface area contributed by atoms with E-state index in [4.69, 9.17) is 0 Å². The van der Waals surface area contributed by atoms with Crippen LogP contribution in [0.5, 0.6) is 0 Å². The monoisotopic (exact) mass is 276 g/mol. The molecule has 0 spiro atoms. The SMILES string of the molecule is Fc1ccc(F)c(-c2cc(N3CCNCC3)ncn2)c1. The molecule has 0 unspecified atom stereocenters. The van der Waals surface area contributed by atoms with Crippen LogP contribution in [0, 0.1) is 11.6 Å². The molecule has 1 saturated heterocycles. The Morgan fingerprint density at radius 3 is 2.65 bits per heavy atom. The third kappa shape index (κ3) is 2.60. The summed E-state index contributed by atoms with van der Waals surface area (Å²) >= 11 is 0. The predicted octanol–water partition coefficient (Wildman–Crippen LogP) is 1.83. The van der Waals surface area contributed by atoms with Gasteiger partial charge in [-0.15, -0.1) is 0 Å². The molecule has 20 heavy (non-hydrogen) atoms. The van der Waals surface area contributed by atoms with Crippen LogP contribution < -0.4 is 10.2 Å². The highest BCUT2D eigenvalue weighted by Crippen LogP contribution is 2.24. The molecule has 1 aromatic carbocycles. The van der Waals surface area contributed by atoms with Crippen LogP contribution in [-0.4, -0.2) is 36.1 Å². The standard InChI is InChI=1S/C14H14F2N4/c15-10-1-2-12(16)11(7-10)13-8-14(19-9-18-13)20-5-3-17-4-6-20/h1-2,7-9,17H,3-6H2. The zero-order valence-electron chi connectivity index (χ0n) is 10.8. The maximum atomic E-state index is 13.8. The van der Waals surface area contributed by atoms with Crippen LogP contribution in [0.3, 0.4) is 0 Å². The molecule has 0 radical (unpaired) electrons. The van der Waals surface area contributed by atoms with Gasteiger partial charge in [0.25, 0.3) is 0 Å². The van der Waals surface area contributed by atoms with Gasteiger partial charge >= 0.3 is 0 Å². The Balaban J connectivity index is 1.96. The Kier molecular flexibility index (Phi) is 3.56. The number of hydrogen-bond donors (Lipinski definition) is 1. The molecule has 6 heteroatoms. The summed E-state index contributed by atoms with van der Waals surface area (Å²) in [7, 11) is 0. The number of rotatable bonds is 2. The van der Waals surface area contributed by atoms with Crippen molar-refractivity contribution in [3.63, 3.8) is 0 Å². The summed E-state index contributed by atoms with van der Waals surface area (Å²) in [6.45, 7) is 3.44.